The van der Waals surface area contributed by atoms with Crippen LogP contribution in [0, 0.1) is 0 Å². The van der Waals surface area contributed by atoms with E-state index in [1.807, 2.05) is 0 Å². The maximum Gasteiger partial charge on any atom is 0.238 e. The SMILES string of the molecule is CC(C(=O)NCCOCCCl)S(C)(=O)=O. The normalized spacial score (nSPS) is 13.5. The van der Waals surface area contributed by atoms with Gasteiger partial charge in [0, 0.05) is 18.7 Å². The fraction of sp³-hybridized carbons (Fsp3) is 0.875. The van der Waals surface area contributed by atoms with Gasteiger partial charge in [0.2, 0.25) is 5.91 Å². The lowest BCUT2D eigenvalue weighted by Crippen LogP contribution is -2.38. The Balaban J connectivity index is 3.76. The third-order valence-corrected chi connectivity index (χ3v) is 3.43. The van der Waals surface area contributed by atoms with Crippen molar-refractivity contribution in [1.82, 2.24) is 5.32 Å². The highest BCUT2D eigenvalue weighted by Crippen LogP contribution is 1.96. The molecule has 7 heteroatoms. The third-order valence-electron chi connectivity index (χ3n) is 1.78. The van der Waals surface area contributed by atoms with Crippen LogP contribution in [0.25, 0.3) is 0 Å². The molecule has 0 aromatic carbocycles. The van der Waals surface area contributed by atoms with Gasteiger partial charge in [-0.25, -0.2) is 8.42 Å². The van der Waals surface area contributed by atoms with E-state index in [0.29, 0.717) is 19.1 Å². The number of hydrogen-bond acceptors (Lipinski definition) is 4. The van der Waals surface area contributed by atoms with Gasteiger partial charge in [-0.15, -0.1) is 11.6 Å². The summed E-state index contributed by atoms with van der Waals surface area (Å²) in [6.45, 7) is 2.38. The number of halogens is 1. The van der Waals surface area contributed by atoms with E-state index in [9.17, 15) is 13.2 Å². The summed E-state index contributed by atoms with van der Waals surface area (Å²) in [4.78, 5) is 11.3. The number of alkyl halides is 1. The summed E-state index contributed by atoms with van der Waals surface area (Å²) in [6, 6.07) is 0. The number of rotatable bonds is 7. The van der Waals surface area contributed by atoms with Crippen molar-refractivity contribution in [3.05, 3.63) is 0 Å². The van der Waals surface area contributed by atoms with Crippen molar-refractivity contribution in [1.29, 1.82) is 0 Å². The predicted molar refractivity (Wildman–Crippen MR) is 58.9 cm³/mol. The average Bonchev–Trinajstić information content (AvgIpc) is 2.14. The summed E-state index contributed by atoms with van der Waals surface area (Å²) in [5.74, 6) is -0.111. The van der Waals surface area contributed by atoms with Crippen LogP contribution in [0.2, 0.25) is 0 Å². The van der Waals surface area contributed by atoms with E-state index in [4.69, 9.17) is 16.3 Å². The number of ether oxygens (including phenoxy) is 1. The molecule has 1 unspecified atom stereocenters. The van der Waals surface area contributed by atoms with Crippen molar-refractivity contribution in [2.45, 2.75) is 12.2 Å². The first kappa shape index (κ1) is 14.7. The van der Waals surface area contributed by atoms with Gasteiger partial charge in [0.25, 0.3) is 0 Å². The van der Waals surface area contributed by atoms with Crippen molar-refractivity contribution in [2.24, 2.45) is 0 Å². The molecule has 0 aromatic rings. The van der Waals surface area contributed by atoms with Gasteiger partial charge < -0.3 is 10.1 Å². The second kappa shape index (κ2) is 7.03. The van der Waals surface area contributed by atoms with E-state index in [-0.39, 0.29) is 6.54 Å². The summed E-state index contributed by atoms with van der Waals surface area (Å²) in [6.07, 6.45) is 1.03. The maximum absolute atomic E-state index is 11.3. The molecule has 1 N–H and O–H groups in total. The summed E-state index contributed by atoms with van der Waals surface area (Å²) in [7, 11) is -3.32. The predicted octanol–water partition coefficient (Wildman–Crippen LogP) is -0.209. The van der Waals surface area contributed by atoms with Crippen molar-refractivity contribution in [3.8, 4) is 0 Å². The lowest BCUT2D eigenvalue weighted by molar-refractivity contribution is -0.120. The summed E-state index contributed by atoms with van der Waals surface area (Å²) in [5.41, 5.74) is 0. The van der Waals surface area contributed by atoms with Crippen LogP contribution in [0.4, 0.5) is 0 Å². The second-order valence-corrected chi connectivity index (χ2v) is 5.81. The average molecular weight is 258 g/mol. The van der Waals surface area contributed by atoms with Gasteiger partial charge >= 0.3 is 0 Å². The van der Waals surface area contributed by atoms with Gasteiger partial charge in [-0.05, 0) is 6.92 Å². The zero-order valence-electron chi connectivity index (χ0n) is 8.82. The van der Waals surface area contributed by atoms with Crippen LogP contribution in [0.3, 0.4) is 0 Å². The van der Waals surface area contributed by atoms with E-state index in [1.54, 1.807) is 0 Å². The molecule has 0 aliphatic carbocycles. The Kier molecular flexibility index (Phi) is 6.87. The maximum atomic E-state index is 11.3. The summed E-state index contributed by atoms with van der Waals surface area (Å²) < 4.78 is 27.0. The Morgan fingerprint density at radius 2 is 2.07 bits per heavy atom. The molecular formula is C8H16ClNO4S. The molecule has 0 aliphatic heterocycles. The number of amides is 1. The van der Waals surface area contributed by atoms with Gasteiger partial charge in [0.15, 0.2) is 9.84 Å². The first-order valence-corrected chi connectivity index (χ1v) is 6.98. The highest BCUT2D eigenvalue weighted by atomic mass is 35.5. The highest BCUT2D eigenvalue weighted by Gasteiger charge is 2.22. The smallest absolute Gasteiger partial charge is 0.238 e. The number of carbonyl (C=O) groups excluding carboxylic acids is 1. The van der Waals surface area contributed by atoms with Crippen LogP contribution >= 0.6 is 11.6 Å². The molecule has 0 saturated heterocycles. The zero-order chi connectivity index (χ0) is 11.9. The van der Waals surface area contributed by atoms with Crippen LogP contribution in [-0.4, -0.2) is 51.5 Å². The van der Waals surface area contributed by atoms with Crippen molar-refractivity contribution >= 4 is 27.3 Å². The van der Waals surface area contributed by atoms with E-state index < -0.39 is 21.0 Å². The molecule has 0 fully saturated rings. The van der Waals surface area contributed by atoms with Gasteiger partial charge in [-0.3, -0.25) is 4.79 Å². The molecule has 0 radical (unpaired) electrons. The van der Waals surface area contributed by atoms with E-state index in [0.717, 1.165) is 6.26 Å². The van der Waals surface area contributed by atoms with Gasteiger partial charge in [-0.2, -0.15) is 0 Å². The molecule has 1 atom stereocenters. The van der Waals surface area contributed by atoms with Crippen LogP contribution < -0.4 is 5.32 Å². The van der Waals surface area contributed by atoms with Gasteiger partial charge in [-0.1, -0.05) is 0 Å². The van der Waals surface area contributed by atoms with Crippen LogP contribution in [0.5, 0.6) is 0 Å². The Morgan fingerprint density at radius 1 is 1.47 bits per heavy atom. The largest absolute Gasteiger partial charge is 0.378 e. The Hall–Kier alpha value is -0.330. The molecule has 1 amide bonds. The van der Waals surface area contributed by atoms with Crippen LogP contribution in [0.1, 0.15) is 6.92 Å². The molecule has 90 valence electrons. The van der Waals surface area contributed by atoms with E-state index in [2.05, 4.69) is 5.32 Å². The Labute approximate surface area is 95.0 Å². The third kappa shape index (κ3) is 6.70. The highest BCUT2D eigenvalue weighted by molar-refractivity contribution is 7.92. The summed E-state index contributed by atoms with van der Waals surface area (Å²) in [5, 5.41) is 1.44. The van der Waals surface area contributed by atoms with Crippen molar-refractivity contribution in [2.75, 3.05) is 31.9 Å². The molecule has 0 aromatic heterocycles. The molecular weight excluding hydrogens is 242 g/mol. The number of hydrogen-bond donors (Lipinski definition) is 1. The van der Waals surface area contributed by atoms with Crippen molar-refractivity contribution < 1.29 is 17.9 Å². The molecule has 0 rings (SSSR count). The Bertz CT molecular complexity index is 291. The quantitative estimate of drug-likeness (QED) is 0.506. The topological polar surface area (TPSA) is 72.5 Å². The van der Waals surface area contributed by atoms with Crippen molar-refractivity contribution in [3.63, 3.8) is 0 Å². The minimum atomic E-state index is -3.32. The van der Waals surface area contributed by atoms with Gasteiger partial charge in [0.1, 0.15) is 5.25 Å². The number of sulfone groups is 1. The minimum Gasteiger partial charge on any atom is -0.378 e. The lowest BCUT2D eigenvalue weighted by atomic mass is 10.4. The first-order valence-electron chi connectivity index (χ1n) is 4.50. The van der Waals surface area contributed by atoms with Crippen LogP contribution in [0.15, 0.2) is 0 Å². The molecule has 15 heavy (non-hydrogen) atoms. The molecule has 0 heterocycles. The molecule has 0 spiro atoms. The zero-order valence-corrected chi connectivity index (χ0v) is 10.4. The first-order chi connectivity index (χ1) is 6.89. The Morgan fingerprint density at radius 3 is 2.53 bits per heavy atom. The second-order valence-electron chi connectivity index (χ2n) is 3.06. The molecule has 0 bridgehead atoms. The number of carbonyl (C=O) groups is 1. The molecule has 5 nitrogen and oxygen atoms in total. The fourth-order valence-corrected chi connectivity index (χ4v) is 1.32. The monoisotopic (exact) mass is 257 g/mol. The lowest BCUT2D eigenvalue weighted by Gasteiger charge is -2.10. The number of nitrogens with one attached hydrogen (secondary N) is 1. The molecule has 0 saturated carbocycles. The van der Waals surface area contributed by atoms with E-state index in [1.165, 1.54) is 6.92 Å². The minimum absolute atomic E-state index is 0.287. The van der Waals surface area contributed by atoms with E-state index >= 15 is 0 Å². The fourth-order valence-electron chi connectivity index (χ4n) is 0.741. The van der Waals surface area contributed by atoms with Crippen LogP contribution in [-0.2, 0) is 19.4 Å². The van der Waals surface area contributed by atoms with Gasteiger partial charge in [0.05, 0.1) is 13.2 Å². The molecule has 0 aliphatic rings. The standard InChI is InChI=1S/C8H16ClNO4S/c1-7(15(2,12)13)8(11)10-4-6-14-5-3-9/h7H,3-6H2,1-2H3,(H,10,11). The summed E-state index contributed by atoms with van der Waals surface area (Å²) >= 11 is 5.36.